The van der Waals surface area contributed by atoms with E-state index in [9.17, 15) is 19.3 Å². The lowest BCUT2D eigenvalue weighted by Crippen LogP contribution is -2.30. The van der Waals surface area contributed by atoms with Crippen molar-refractivity contribution < 1.29 is 24.0 Å². The van der Waals surface area contributed by atoms with E-state index >= 15 is 0 Å². The Kier molecular flexibility index (Phi) is 4.37. The third-order valence-electron chi connectivity index (χ3n) is 3.33. The van der Waals surface area contributed by atoms with Crippen LogP contribution in [0, 0.1) is 15.9 Å². The Morgan fingerprint density at radius 3 is 2.71 bits per heavy atom. The van der Waals surface area contributed by atoms with Crippen LogP contribution in [0.4, 0.5) is 15.8 Å². The minimum Gasteiger partial charge on any atom is -0.477 e. The summed E-state index contributed by atoms with van der Waals surface area (Å²) >= 11 is 0. The summed E-state index contributed by atoms with van der Waals surface area (Å²) in [5, 5.41) is 19.9. The molecule has 1 saturated carbocycles. The quantitative estimate of drug-likeness (QED) is 0.611. The first-order valence-electron chi connectivity index (χ1n) is 6.42. The lowest BCUT2D eigenvalue weighted by molar-refractivity contribution is -0.385. The van der Waals surface area contributed by atoms with Crippen molar-refractivity contribution in [2.45, 2.75) is 18.9 Å². The van der Waals surface area contributed by atoms with Gasteiger partial charge in [-0.15, -0.1) is 0 Å². The Balaban J connectivity index is 2.44. The molecule has 1 aromatic rings. The second-order valence-electron chi connectivity index (χ2n) is 4.80. The molecule has 8 heteroatoms. The molecule has 0 spiro atoms. The Morgan fingerprint density at radius 2 is 2.24 bits per heavy atom. The second kappa shape index (κ2) is 6.04. The van der Waals surface area contributed by atoms with Crippen LogP contribution in [0.1, 0.15) is 23.2 Å². The smallest absolute Gasteiger partial charge is 0.342 e. The van der Waals surface area contributed by atoms with Crippen molar-refractivity contribution in [3.05, 3.63) is 33.6 Å². The monoisotopic (exact) mass is 298 g/mol. The van der Waals surface area contributed by atoms with Crippen molar-refractivity contribution in [2.75, 3.05) is 25.2 Å². The number of carboxylic acid groups (broad SMARTS) is 1. The molecule has 114 valence electrons. The molecule has 0 heterocycles. The van der Waals surface area contributed by atoms with Gasteiger partial charge in [-0.3, -0.25) is 10.1 Å². The van der Waals surface area contributed by atoms with Crippen molar-refractivity contribution in [1.82, 2.24) is 0 Å². The molecule has 0 radical (unpaired) electrons. The highest BCUT2D eigenvalue weighted by Crippen LogP contribution is 2.35. The average Bonchev–Trinajstić information content (AvgIpc) is 3.24. The van der Waals surface area contributed by atoms with E-state index in [2.05, 4.69) is 0 Å². The number of halogens is 1. The van der Waals surface area contributed by atoms with Gasteiger partial charge in [0.25, 0.3) is 5.69 Å². The number of rotatable bonds is 7. The predicted molar refractivity (Wildman–Crippen MR) is 72.3 cm³/mol. The molecule has 0 bridgehead atoms. The van der Waals surface area contributed by atoms with Gasteiger partial charge in [0, 0.05) is 19.7 Å². The van der Waals surface area contributed by atoms with Gasteiger partial charge in [-0.2, -0.15) is 0 Å². The molecule has 0 amide bonds. The van der Waals surface area contributed by atoms with E-state index < -0.39 is 28.0 Å². The molecule has 0 atom stereocenters. The van der Waals surface area contributed by atoms with Crippen molar-refractivity contribution in [2.24, 2.45) is 0 Å². The number of ether oxygens (including phenoxy) is 1. The molecular weight excluding hydrogens is 283 g/mol. The van der Waals surface area contributed by atoms with E-state index in [0.717, 1.165) is 18.9 Å². The van der Waals surface area contributed by atoms with Gasteiger partial charge < -0.3 is 14.7 Å². The van der Waals surface area contributed by atoms with Crippen LogP contribution in [0.25, 0.3) is 0 Å². The number of nitro benzene ring substituents is 1. The van der Waals surface area contributed by atoms with E-state index in [1.807, 2.05) is 0 Å². The normalized spacial score (nSPS) is 14.0. The van der Waals surface area contributed by atoms with Gasteiger partial charge in [0.1, 0.15) is 5.56 Å². The third-order valence-corrected chi connectivity index (χ3v) is 3.33. The lowest BCUT2D eigenvalue weighted by atomic mass is 10.1. The summed E-state index contributed by atoms with van der Waals surface area (Å²) in [6.07, 6.45) is 1.76. The molecule has 0 saturated heterocycles. The summed E-state index contributed by atoms with van der Waals surface area (Å²) in [6.45, 7) is 0.754. The van der Waals surface area contributed by atoms with Gasteiger partial charge in [0.2, 0.25) is 0 Å². The van der Waals surface area contributed by atoms with E-state index in [0.29, 0.717) is 19.2 Å². The van der Waals surface area contributed by atoms with Gasteiger partial charge in [0.15, 0.2) is 5.82 Å². The van der Waals surface area contributed by atoms with Crippen LogP contribution in [0.15, 0.2) is 12.1 Å². The minimum absolute atomic E-state index is 0.0672. The molecule has 1 fully saturated rings. The van der Waals surface area contributed by atoms with Gasteiger partial charge in [-0.1, -0.05) is 0 Å². The fourth-order valence-corrected chi connectivity index (χ4v) is 2.17. The summed E-state index contributed by atoms with van der Waals surface area (Å²) in [6, 6.07) is 1.82. The highest BCUT2D eigenvalue weighted by Gasteiger charge is 2.33. The maximum Gasteiger partial charge on any atom is 0.342 e. The summed E-state index contributed by atoms with van der Waals surface area (Å²) < 4.78 is 19.1. The standard InChI is InChI=1S/C13H15FN2O5/c1-21-5-4-15(8-2-3-8)12-6-9(13(17)18)11(16(19)20)7-10(12)14/h6-8H,2-5H2,1H3,(H,17,18). The van der Waals surface area contributed by atoms with Gasteiger partial charge in [-0.25, -0.2) is 9.18 Å². The van der Waals surface area contributed by atoms with Gasteiger partial charge in [-0.05, 0) is 18.9 Å². The number of methoxy groups -OCH3 is 1. The summed E-state index contributed by atoms with van der Waals surface area (Å²) in [4.78, 5) is 22.8. The number of carboxylic acids is 1. The number of hydrogen-bond acceptors (Lipinski definition) is 5. The first-order valence-corrected chi connectivity index (χ1v) is 6.42. The minimum atomic E-state index is -1.45. The Morgan fingerprint density at radius 1 is 1.57 bits per heavy atom. The zero-order valence-corrected chi connectivity index (χ0v) is 11.4. The van der Waals surface area contributed by atoms with E-state index in [1.54, 1.807) is 4.90 Å². The Labute approximate surface area is 120 Å². The number of benzene rings is 1. The maximum absolute atomic E-state index is 14.1. The number of nitro groups is 1. The number of carbonyl (C=O) groups is 1. The van der Waals surface area contributed by atoms with Crippen LogP contribution in [-0.4, -0.2) is 42.3 Å². The molecule has 1 aliphatic carbocycles. The number of nitrogens with zero attached hydrogens (tertiary/aromatic N) is 2. The highest BCUT2D eigenvalue weighted by atomic mass is 19.1. The summed E-state index contributed by atoms with van der Waals surface area (Å²) in [5.41, 5.74) is -1.19. The number of anilines is 1. The largest absolute Gasteiger partial charge is 0.477 e. The Bertz CT molecular complexity index is 574. The predicted octanol–water partition coefficient (Wildman–Crippen LogP) is 2.05. The molecule has 0 aromatic heterocycles. The van der Waals surface area contributed by atoms with Crippen LogP contribution >= 0.6 is 0 Å². The molecule has 1 aliphatic rings. The summed E-state index contributed by atoms with van der Waals surface area (Å²) in [7, 11) is 1.51. The molecule has 1 aromatic carbocycles. The molecule has 2 rings (SSSR count). The highest BCUT2D eigenvalue weighted by molar-refractivity contribution is 5.93. The fraction of sp³-hybridized carbons (Fsp3) is 0.462. The SMILES string of the molecule is COCCN(c1cc(C(=O)O)c([N+](=O)[O-])cc1F)C1CC1. The average molecular weight is 298 g/mol. The lowest BCUT2D eigenvalue weighted by Gasteiger charge is -2.25. The zero-order valence-electron chi connectivity index (χ0n) is 11.4. The van der Waals surface area contributed by atoms with Crippen LogP contribution in [-0.2, 0) is 4.74 Å². The van der Waals surface area contributed by atoms with Crippen molar-refractivity contribution >= 4 is 17.3 Å². The number of hydrogen-bond donors (Lipinski definition) is 1. The van der Waals surface area contributed by atoms with Crippen molar-refractivity contribution in [3.63, 3.8) is 0 Å². The van der Waals surface area contributed by atoms with Crippen LogP contribution in [0.3, 0.4) is 0 Å². The van der Waals surface area contributed by atoms with Crippen molar-refractivity contribution in [1.29, 1.82) is 0 Å². The van der Waals surface area contributed by atoms with Crippen LogP contribution < -0.4 is 4.90 Å². The van der Waals surface area contributed by atoms with Crippen LogP contribution in [0.2, 0.25) is 0 Å². The van der Waals surface area contributed by atoms with Crippen molar-refractivity contribution in [3.8, 4) is 0 Å². The fourth-order valence-electron chi connectivity index (χ4n) is 2.17. The van der Waals surface area contributed by atoms with Gasteiger partial charge >= 0.3 is 5.97 Å². The maximum atomic E-state index is 14.1. The van der Waals surface area contributed by atoms with Crippen LogP contribution in [0.5, 0.6) is 0 Å². The first kappa shape index (κ1) is 15.2. The third kappa shape index (κ3) is 3.27. The first-order chi connectivity index (χ1) is 9.95. The molecule has 7 nitrogen and oxygen atoms in total. The van der Waals surface area contributed by atoms with Gasteiger partial charge in [0.05, 0.1) is 23.3 Å². The zero-order chi connectivity index (χ0) is 15.6. The molecule has 0 unspecified atom stereocenters. The van der Waals surface area contributed by atoms with E-state index in [1.165, 1.54) is 7.11 Å². The van der Waals surface area contributed by atoms with E-state index in [4.69, 9.17) is 9.84 Å². The van der Waals surface area contributed by atoms with E-state index in [-0.39, 0.29) is 11.7 Å². The molecular formula is C13H15FN2O5. The molecule has 0 aliphatic heterocycles. The summed E-state index contributed by atoms with van der Waals surface area (Å²) in [5.74, 6) is -2.25. The molecule has 21 heavy (non-hydrogen) atoms. The number of aromatic carboxylic acids is 1. The topological polar surface area (TPSA) is 92.9 Å². The Hall–Kier alpha value is -2.22. The second-order valence-corrected chi connectivity index (χ2v) is 4.80. The molecule has 1 N–H and O–H groups in total.